The molecule has 0 aliphatic rings. The van der Waals surface area contributed by atoms with Gasteiger partial charge in [-0.15, -0.1) is 0 Å². The van der Waals surface area contributed by atoms with Crippen LogP contribution >= 0.6 is 11.6 Å². The first kappa shape index (κ1) is 19.9. The first-order valence-electron chi connectivity index (χ1n) is 8.29. The van der Waals surface area contributed by atoms with Gasteiger partial charge in [0.05, 0.1) is 14.2 Å². The van der Waals surface area contributed by atoms with E-state index >= 15 is 0 Å². The van der Waals surface area contributed by atoms with Gasteiger partial charge in [-0.05, 0) is 62.2 Å². The molecule has 5 nitrogen and oxygen atoms in total. The lowest BCUT2D eigenvalue weighted by atomic mass is 10.1. The maximum atomic E-state index is 12.4. The van der Waals surface area contributed by atoms with Crippen LogP contribution in [0.2, 0.25) is 5.02 Å². The molecule has 26 heavy (non-hydrogen) atoms. The quantitative estimate of drug-likeness (QED) is 0.758. The Bertz CT molecular complexity index is 744. The second kappa shape index (κ2) is 8.81. The van der Waals surface area contributed by atoms with Crippen molar-refractivity contribution in [2.45, 2.75) is 25.9 Å². The van der Waals surface area contributed by atoms with Crippen molar-refractivity contribution >= 4 is 17.5 Å². The van der Waals surface area contributed by atoms with Crippen LogP contribution < -0.4 is 19.5 Å². The number of amides is 1. The molecule has 140 valence electrons. The number of nitrogens with one attached hydrogen (secondary N) is 1. The van der Waals surface area contributed by atoms with Crippen LogP contribution in [0, 0.1) is 0 Å². The highest BCUT2D eigenvalue weighted by molar-refractivity contribution is 6.30. The zero-order valence-corrected chi connectivity index (χ0v) is 16.2. The molecule has 0 bridgehead atoms. The summed E-state index contributed by atoms with van der Waals surface area (Å²) < 4.78 is 16.3. The lowest BCUT2D eigenvalue weighted by Gasteiger charge is -2.25. The van der Waals surface area contributed by atoms with Gasteiger partial charge in [0, 0.05) is 11.6 Å². The van der Waals surface area contributed by atoms with Gasteiger partial charge in [0.2, 0.25) is 0 Å². The summed E-state index contributed by atoms with van der Waals surface area (Å²) in [6.07, 6.45) is 0.670. The standard InChI is InChI=1S/C20H24ClNO4/c1-20(2,26-16-8-6-15(21)7-9-16)19(23)22-12-11-14-5-10-17(24-3)18(13-14)25-4/h5-10,13H,11-12H2,1-4H3,(H,22,23). The molecule has 0 saturated carbocycles. The lowest BCUT2D eigenvalue weighted by molar-refractivity contribution is -0.134. The fourth-order valence-corrected chi connectivity index (χ4v) is 2.54. The van der Waals surface area contributed by atoms with Gasteiger partial charge in [-0.25, -0.2) is 0 Å². The molecule has 1 N–H and O–H groups in total. The highest BCUT2D eigenvalue weighted by Crippen LogP contribution is 2.27. The van der Waals surface area contributed by atoms with E-state index in [0.717, 1.165) is 5.56 Å². The Morgan fingerprint density at radius 1 is 1.04 bits per heavy atom. The second-order valence-corrected chi connectivity index (χ2v) is 6.70. The average Bonchev–Trinajstić information content (AvgIpc) is 2.63. The summed E-state index contributed by atoms with van der Waals surface area (Å²) in [4.78, 5) is 12.4. The van der Waals surface area contributed by atoms with Crippen molar-refractivity contribution in [3.05, 3.63) is 53.1 Å². The highest BCUT2D eigenvalue weighted by Gasteiger charge is 2.29. The van der Waals surface area contributed by atoms with Crippen LogP contribution in [0.25, 0.3) is 0 Å². The SMILES string of the molecule is COc1ccc(CCNC(=O)C(C)(C)Oc2ccc(Cl)cc2)cc1OC. The number of carbonyl (C=O) groups excluding carboxylic acids is 1. The van der Waals surface area contributed by atoms with Gasteiger partial charge >= 0.3 is 0 Å². The van der Waals surface area contributed by atoms with Crippen molar-refractivity contribution in [3.63, 3.8) is 0 Å². The Balaban J connectivity index is 1.90. The summed E-state index contributed by atoms with van der Waals surface area (Å²) >= 11 is 5.86. The molecule has 1 amide bonds. The number of rotatable bonds is 8. The Hall–Kier alpha value is -2.40. The number of ether oxygens (including phenoxy) is 3. The zero-order valence-electron chi connectivity index (χ0n) is 15.5. The summed E-state index contributed by atoms with van der Waals surface area (Å²) in [7, 11) is 3.19. The maximum Gasteiger partial charge on any atom is 0.263 e. The largest absolute Gasteiger partial charge is 0.493 e. The Morgan fingerprint density at radius 2 is 1.69 bits per heavy atom. The zero-order chi connectivity index (χ0) is 19.2. The van der Waals surface area contributed by atoms with Crippen LogP contribution in [-0.2, 0) is 11.2 Å². The van der Waals surface area contributed by atoms with Crippen LogP contribution in [0.15, 0.2) is 42.5 Å². The highest BCUT2D eigenvalue weighted by atomic mass is 35.5. The molecule has 6 heteroatoms. The minimum atomic E-state index is -0.995. The Labute approximate surface area is 159 Å². The summed E-state index contributed by atoms with van der Waals surface area (Å²) in [5.41, 5.74) is 0.0465. The molecule has 0 spiro atoms. The molecule has 0 unspecified atom stereocenters. The van der Waals surface area contributed by atoms with Crippen LogP contribution in [0.4, 0.5) is 0 Å². The van der Waals surface area contributed by atoms with Crippen LogP contribution in [0.1, 0.15) is 19.4 Å². The topological polar surface area (TPSA) is 56.8 Å². The van der Waals surface area contributed by atoms with Crippen molar-refractivity contribution in [2.75, 3.05) is 20.8 Å². The van der Waals surface area contributed by atoms with E-state index < -0.39 is 5.60 Å². The number of hydrogen-bond acceptors (Lipinski definition) is 4. The summed E-state index contributed by atoms with van der Waals surface area (Å²) in [5.74, 6) is 1.75. The Morgan fingerprint density at radius 3 is 2.31 bits per heavy atom. The lowest BCUT2D eigenvalue weighted by Crippen LogP contribution is -2.47. The van der Waals surface area contributed by atoms with E-state index in [1.807, 2.05) is 18.2 Å². The Kier molecular flexibility index (Phi) is 6.75. The van der Waals surface area contributed by atoms with E-state index in [4.69, 9.17) is 25.8 Å². The van der Waals surface area contributed by atoms with Gasteiger partial charge in [-0.1, -0.05) is 17.7 Å². The molecular formula is C20H24ClNO4. The van der Waals surface area contributed by atoms with Crippen molar-refractivity contribution in [1.29, 1.82) is 0 Å². The van der Waals surface area contributed by atoms with Crippen LogP contribution in [-0.4, -0.2) is 32.3 Å². The smallest absolute Gasteiger partial charge is 0.263 e. The predicted molar refractivity (Wildman–Crippen MR) is 102 cm³/mol. The van der Waals surface area contributed by atoms with E-state index in [1.165, 1.54) is 0 Å². The van der Waals surface area contributed by atoms with E-state index in [9.17, 15) is 4.79 Å². The predicted octanol–water partition coefficient (Wildman–Crippen LogP) is 3.87. The molecule has 0 saturated heterocycles. The minimum Gasteiger partial charge on any atom is -0.493 e. The van der Waals surface area contributed by atoms with Crippen LogP contribution in [0.5, 0.6) is 17.2 Å². The molecule has 0 radical (unpaired) electrons. The van der Waals surface area contributed by atoms with E-state index in [-0.39, 0.29) is 5.91 Å². The molecule has 0 aromatic heterocycles. The third-order valence-corrected chi connectivity index (χ3v) is 4.13. The van der Waals surface area contributed by atoms with Crippen molar-refractivity contribution < 1.29 is 19.0 Å². The summed E-state index contributed by atoms with van der Waals surface area (Å²) in [6.45, 7) is 3.95. The van der Waals surface area contributed by atoms with E-state index in [0.29, 0.717) is 35.2 Å². The number of halogens is 1. The molecular weight excluding hydrogens is 354 g/mol. The first-order valence-corrected chi connectivity index (χ1v) is 8.67. The molecule has 2 aromatic rings. The van der Waals surface area contributed by atoms with E-state index in [2.05, 4.69) is 5.32 Å². The molecule has 2 rings (SSSR count). The van der Waals surface area contributed by atoms with Gasteiger partial charge in [0.1, 0.15) is 5.75 Å². The molecule has 0 atom stereocenters. The number of benzene rings is 2. The average molecular weight is 378 g/mol. The minimum absolute atomic E-state index is 0.187. The van der Waals surface area contributed by atoms with Crippen molar-refractivity contribution in [1.82, 2.24) is 5.32 Å². The van der Waals surface area contributed by atoms with Gasteiger partial charge in [0.25, 0.3) is 5.91 Å². The van der Waals surface area contributed by atoms with Crippen LogP contribution in [0.3, 0.4) is 0 Å². The first-order chi connectivity index (χ1) is 12.4. The molecule has 2 aromatic carbocycles. The molecule has 0 fully saturated rings. The second-order valence-electron chi connectivity index (χ2n) is 6.26. The molecule has 0 aliphatic carbocycles. The number of methoxy groups -OCH3 is 2. The monoisotopic (exact) mass is 377 g/mol. The fraction of sp³-hybridized carbons (Fsp3) is 0.350. The van der Waals surface area contributed by atoms with Gasteiger partial charge in [0.15, 0.2) is 17.1 Å². The van der Waals surface area contributed by atoms with Gasteiger partial charge in [-0.2, -0.15) is 0 Å². The number of carbonyl (C=O) groups is 1. The van der Waals surface area contributed by atoms with Crippen molar-refractivity contribution in [2.24, 2.45) is 0 Å². The fourth-order valence-electron chi connectivity index (χ4n) is 2.41. The third kappa shape index (κ3) is 5.30. The van der Waals surface area contributed by atoms with Gasteiger partial charge < -0.3 is 19.5 Å². The maximum absolute atomic E-state index is 12.4. The number of hydrogen-bond donors (Lipinski definition) is 1. The molecule has 0 heterocycles. The molecule has 0 aliphatic heterocycles. The van der Waals surface area contributed by atoms with Crippen molar-refractivity contribution in [3.8, 4) is 17.2 Å². The third-order valence-electron chi connectivity index (χ3n) is 3.88. The van der Waals surface area contributed by atoms with E-state index in [1.54, 1.807) is 52.3 Å². The summed E-state index contributed by atoms with van der Waals surface area (Å²) in [6, 6.07) is 12.6. The van der Waals surface area contributed by atoms with Gasteiger partial charge in [-0.3, -0.25) is 4.79 Å². The normalized spacial score (nSPS) is 11.0. The summed E-state index contributed by atoms with van der Waals surface area (Å²) in [5, 5.41) is 3.53.